The number of esters is 1. The highest BCUT2D eigenvalue weighted by atomic mass is 16.5. The zero-order chi connectivity index (χ0) is 14.8. The average molecular weight is 282 g/mol. The van der Waals surface area contributed by atoms with E-state index in [1.54, 1.807) is 42.0 Å². The molecule has 0 N–H and O–H groups in total. The third-order valence-electron chi connectivity index (χ3n) is 3.32. The van der Waals surface area contributed by atoms with E-state index in [9.17, 15) is 9.59 Å². The van der Waals surface area contributed by atoms with Crippen molar-refractivity contribution in [3.8, 4) is 0 Å². The van der Waals surface area contributed by atoms with Gasteiger partial charge in [0, 0.05) is 11.6 Å². The van der Waals surface area contributed by atoms with Crippen LogP contribution in [-0.4, -0.2) is 22.1 Å². The Morgan fingerprint density at radius 2 is 1.95 bits per heavy atom. The van der Waals surface area contributed by atoms with E-state index in [2.05, 4.69) is 4.98 Å². The van der Waals surface area contributed by atoms with Crippen LogP contribution in [0.2, 0.25) is 0 Å². The first-order chi connectivity index (χ1) is 10.2. The molecule has 106 valence electrons. The molecule has 2 aromatic heterocycles. The van der Waals surface area contributed by atoms with E-state index in [-0.39, 0.29) is 17.9 Å². The molecule has 21 heavy (non-hydrogen) atoms. The molecule has 0 spiro atoms. The SMILES string of the molecule is CCOC(=O)Cn1c2ccccc2c(=O)c2cccnc21. The Balaban J connectivity index is 2.35. The monoisotopic (exact) mass is 282 g/mol. The number of ether oxygens (including phenoxy) is 1. The van der Waals surface area contributed by atoms with Gasteiger partial charge in [-0.15, -0.1) is 0 Å². The Labute approximate surface area is 120 Å². The lowest BCUT2D eigenvalue weighted by Crippen LogP contribution is -2.18. The van der Waals surface area contributed by atoms with Gasteiger partial charge in [0.15, 0.2) is 5.43 Å². The number of nitrogens with zero attached hydrogens (tertiary/aromatic N) is 2. The van der Waals surface area contributed by atoms with Crippen molar-refractivity contribution in [3.63, 3.8) is 0 Å². The van der Waals surface area contributed by atoms with Crippen LogP contribution in [0.5, 0.6) is 0 Å². The molecule has 0 atom stereocenters. The van der Waals surface area contributed by atoms with Crippen LogP contribution in [-0.2, 0) is 16.1 Å². The maximum atomic E-state index is 12.5. The highest BCUT2D eigenvalue weighted by Gasteiger charge is 2.13. The fourth-order valence-corrected chi connectivity index (χ4v) is 2.45. The highest BCUT2D eigenvalue weighted by Crippen LogP contribution is 2.17. The van der Waals surface area contributed by atoms with Crippen LogP contribution < -0.4 is 5.43 Å². The molecule has 0 radical (unpaired) electrons. The second-order valence-corrected chi connectivity index (χ2v) is 4.61. The van der Waals surface area contributed by atoms with E-state index in [0.29, 0.717) is 28.5 Å². The number of aromatic nitrogens is 2. The Bertz CT molecular complexity index is 823. The van der Waals surface area contributed by atoms with Crippen molar-refractivity contribution in [1.82, 2.24) is 9.55 Å². The Morgan fingerprint density at radius 3 is 2.76 bits per heavy atom. The predicted octanol–water partition coefficient (Wildman–Crippen LogP) is 2.11. The zero-order valence-electron chi connectivity index (χ0n) is 11.6. The van der Waals surface area contributed by atoms with Crippen LogP contribution in [0.4, 0.5) is 0 Å². The minimum Gasteiger partial charge on any atom is -0.465 e. The molecule has 0 saturated heterocycles. The summed E-state index contributed by atoms with van der Waals surface area (Å²) in [5.41, 5.74) is 1.10. The van der Waals surface area contributed by atoms with Crippen LogP contribution in [0.3, 0.4) is 0 Å². The zero-order valence-corrected chi connectivity index (χ0v) is 11.6. The van der Waals surface area contributed by atoms with Crippen molar-refractivity contribution in [2.24, 2.45) is 0 Å². The number of carbonyl (C=O) groups excluding carboxylic acids is 1. The molecule has 0 amide bonds. The molecule has 0 aliphatic rings. The number of benzene rings is 1. The van der Waals surface area contributed by atoms with E-state index in [1.165, 1.54) is 0 Å². The third-order valence-corrected chi connectivity index (χ3v) is 3.32. The van der Waals surface area contributed by atoms with Gasteiger partial charge >= 0.3 is 5.97 Å². The molecular formula is C16H14N2O3. The fraction of sp³-hybridized carbons (Fsp3) is 0.188. The summed E-state index contributed by atoms with van der Waals surface area (Å²) in [7, 11) is 0. The van der Waals surface area contributed by atoms with Gasteiger partial charge < -0.3 is 9.30 Å². The van der Waals surface area contributed by atoms with Crippen LogP contribution >= 0.6 is 0 Å². The molecule has 5 nitrogen and oxygen atoms in total. The first kappa shape index (κ1) is 13.3. The quantitative estimate of drug-likeness (QED) is 0.545. The molecule has 3 aromatic rings. The van der Waals surface area contributed by atoms with E-state index in [1.807, 2.05) is 12.1 Å². The van der Waals surface area contributed by atoms with Crippen molar-refractivity contribution < 1.29 is 9.53 Å². The molecular weight excluding hydrogens is 268 g/mol. The van der Waals surface area contributed by atoms with Crippen molar-refractivity contribution >= 4 is 27.9 Å². The van der Waals surface area contributed by atoms with Gasteiger partial charge in [-0.05, 0) is 31.2 Å². The van der Waals surface area contributed by atoms with Gasteiger partial charge in [-0.25, -0.2) is 4.98 Å². The van der Waals surface area contributed by atoms with Crippen molar-refractivity contribution in [1.29, 1.82) is 0 Å². The van der Waals surface area contributed by atoms with Crippen molar-refractivity contribution in [3.05, 3.63) is 52.8 Å². The van der Waals surface area contributed by atoms with Crippen LogP contribution in [0.15, 0.2) is 47.4 Å². The van der Waals surface area contributed by atoms with Crippen LogP contribution in [0, 0.1) is 0 Å². The summed E-state index contributed by atoms with van der Waals surface area (Å²) < 4.78 is 6.73. The smallest absolute Gasteiger partial charge is 0.326 e. The molecule has 0 bridgehead atoms. The third kappa shape index (κ3) is 2.27. The van der Waals surface area contributed by atoms with Crippen molar-refractivity contribution in [2.75, 3.05) is 6.61 Å². The van der Waals surface area contributed by atoms with Gasteiger partial charge in [0.05, 0.1) is 17.5 Å². The Morgan fingerprint density at radius 1 is 1.19 bits per heavy atom. The van der Waals surface area contributed by atoms with Gasteiger partial charge in [0.25, 0.3) is 0 Å². The largest absolute Gasteiger partial charge is 0.465 e. The minimum atomic E-state index is -0.349. The molecule has 0 unspecified atom stereocenters. The normalized spacial score (nSPS) is 10.9. The minimum absolute atomic E-state index is 0.0299. The standard InChI is InChI=1S/C16H14N2O3/c1-2-21-14(19)10-18-13-8-4-3-6-11(13)15(20)12-7-5-9-17-16(12)18/h3-9H,2,10H2,1H3. The Hall–Kier alpha value is -2.69. The lowest BCUT2D eigenvalue weighted by atomic mass is 10.1. The first-order valence-electron chi connectivity index (χ1n) is 6.74. The maximum Gasteiger partial charge on any atom is 0.326 e. The summed E-state index contributed by atoms with van der Waals surface area (Å²) in [4.78, 5) is 28.6. The predicted molar refractivity (Wildman–Crippen MR) is 80.1 cm³/mol. The van der Waals surface area contributed by atoms with E-state index >= 15 is 0 Å². The molecule has 3 rings (SSSR count). The molecule has 0 aliphatic carbocycles. The van der Waals surface area contributed by atoms with Gasteiger partial charge in [0.2, 0.25) is 0 Å². The number of fused-ring (bicyclic) bond motifs is 2. The fourth-order valence-electron chi connectivity index (χ4n) is 2.45. The molecule has 5 heteroatoms. The second kappa shape index (κ2) is 5.36. The molecule has 0 aliphatic heterocycles. The first-order valence-corrected chi connectivity index (χ1v) is 6.74. The van der Waals surface area contributed by atoms with Gasteiger partial charge in [-0.3, -0.25) is 9.59 Å². The number of para-hydroxylation sites is 1. The highest BCUT2D eigenvalue weighted by molar-refractivity contribution is 5.92. The average Bonchev–Trinajstić information content (AvgIpc) is 2.52. The number of hydrogen-bond donors (Lipinski definition) is 0. The van der Waals surface area contributed by atoms with Gasteiger partial charge in [0.1, 0.15) is 12.2 Å². The van der Waals surface area contributed by atoms with Crippen molar-refractivity contribution in [2.45, 2.75) is 13.5 Å². The lowest BCUT2D eigenvalue weighted by molar-refractivity contribution is -0.143. The molecule has 0 fully saturated rings. The van der Waals surface area contributed by atoms with E-state index in [4.69, 9.17) is 4.74 Å². The Kier molecular flexibility index (Phi) is 3.39. The van der Waals surface area contributed by atoms with Gasteiger partial charge in [-0.1, -0.05) is 12.1 Å². The number of pyridine rings is 2. The van der Waals surface area contributed by atoms with Gasteiger partial charge in [-0.2, -0.15) is 0 Å². The number of carbonyl (C=O) groups is 1. The topological polar surface area (TPSA) is 61.2 Å². The molecule has 0 saturated carbocycles. The molecule has 2 heterocycles. The summed E-state index contributed by atoms with van der Waals surface area (Å²) in [6.45, 7) is 2.11. The summed E-state index contributed by atoms with van der Waals surface area (Å²) in [6, 6.07) is 10.6. The van der Waals surface area contributed by atoms with E-state index in [0.717, 1.165) is 0 Å². The second-order valence-electron chi connectivity index (χ2n) is 4.61. The summed E-state index contributed by atoms with van der Waals surface area (Å²) in [5.74, 6) is -0.349. The number of hydrogen-bond acceptors (Lipinski definition) is 4. The van der Waals surface area contributed by atoms with E-state index < -0.39 is 0 Å². The van der Waals surface area contributed by atoms with Crippen LogP contribution in [0.1, 0.15) is 6.92 Å². The number of rotatable bonds is 3. The maximum absolute atomic E-state index is 12.5. The van der Waals surface area contributed by atoms with Crippen LogP contribution in [0.25, 0.3) is 21.9 Å². The molecule has 1 aromatic carbocycles. The summed E-state index contributed by atoms with van der Waals surface area (Å²) in [6.07, 6.45) is 1.61. The summed E-state index contributed by atoms with van der Waals surface area (Å²) >= 11 is 0. The lowest BCUT2D eigenvalue weighted by Gasteiger charge is -2.13. The summed E-state index contributed by atoms with van der Waals surface area (Å²) in [5, 5.41) is 1.07.